The van der Waals surface area contributed by atoms with Gasteiger partial charge in [-0.25, -0.2) is 14.0 Å². The molecule has 0 amide bonds. The fourth-order valence-electron chi connectivity index (χ4n) is 1.84. The van der Waals surface area contributed by atoms with Crippen molar-refractivity contribution in [1.82, 2.24) is 4.31 Å². The predicted octanol–water partition coefficient (Wildman–Crippen LogP) is 1.77. The molecule has 1 fully saturated rings. The van der Waals surface area contributed by atoms with Gasteiger partial charge in [-0.2, -0.15) is 4.31 Å². The van der Waals surface area contributed by atoms with Gasteiger partial charge in [0.1, 0.15) is 4.90 Å². The van der Waals surface area contributed by atoms with Gasteiger partial charge in [0.2, 0.25) is 10.0 Å². The van der Waals surface area contributed by atoms with Crippen LogP contribution in [0.5, 0.6) is 0 Å². The monoisotopic (exact) mass is 244 g/mol. The van der Waals surface area contributed by atoms with E-state index < -0.39 is 10.0 Å². The van der Waals surface area contributed by atoms with E-state index in [1.807, 2.05) is 0 Å². The van der Waals surface area contributed by atoms with E-state index in [1.165, 1.54) is 22.0 Å². The molecule has 0 saturated carbocycles. The molecule has 4 nitrogen and oxygen atoms in total. The van der Waals surface area contributed by atoms with Gasteiger partial charge in [0, 0.05) is 13.1 Å². The molecule has 88 valence electrons. The number of rotatable bonds is 3. The molecule has 1 aliphatic rings. The highest BCUT2D eigenvalue weighted by molar-refractivity contribution is 7.89. The lowest BCUT2D eigenvalue weighted by Gasteiger charge is -2.16. The first-order chi connectivity index (χ1) is 7.66. The van der Waals surface area contributed by atoms with Crippen molar-refractivity contribution in [2.45, 2.75) is 17.7 Å². The highest BCUT2D eigenvalue weighted by Crippen LogP contribution is 2.26. The van der Waals surface area contributed by atoms with Crippen LogP contribution in [-0.2, 0) is 10.0 Å². The molecule has 2 rings (SSSR count). The van der Waals surface area contributed by atoms with Gasteiger partial charge in [-0.3, -0.25) is 0 Å². The van der Waals surface area contributed by atoms with Crippen LogP contribution in [-0.4, -0.2) is 25.8 Å². The largest absolute Gasteiger partial charge is 0.245 e. The number of benzene rings is 1. The Morgan fingerprint density at radius 3 is 2.44 bits per heavy atom. The van der Waals surface area contributed by atoms with Crippen molar-refractivity contribution in [2.75, 3.05) is 18.6 Å². The molecule has 1 aliphatic heterocycles. The van der Waals surface area contributed by atoms with Crippen LogP contribution in [0.15, 0.2) is 29.2 Å². The van der Waals surface area contributed by atoms with Crippen molar-refractivity contribution in [3.8, 4) is 0 Å². The Hall–Kier alpha value is -1.14. The van der Waals surface area contributed by atoms with Crippen molar-refractivity contribution >= 4 is 15.7 Å². The third kappa shape index (κ3) is 1.90. The van der Waals surface area contributed by atoms with Crippen LogP contribution < -0.4 is 5.54 Å². The highest BCUT2D eigenvalue weighted by atomic mass is 32.2. The Bertz CT molecular complexity index is 469. The summed E-state index contributed by atoms with van der Waals surface area (Å²) in [6.07, 6.45) is 1.73. The average Bonchev–Trinajstić information content (AvgIpc) is 2.83. The van der Waals surface area contributed by atoms with Crippen LogP contribution in [0.4, 0.5) is 10.2 Å². The van der Waals surface area contributed by atoms with Gasteiger partial charge in [-0.15, -0.1) is 4.48 Å². The van der Waals surface area contributed by atoms with Crippen molar-refractivity contribution in [1.29, 1.82) is 0 Å². The molecule has 1 N–H and O–H groups in total. The van der Waals surface area contributed by atoms with E-state index in [1.54, 1.807) is 12.1 Å². The predicted molar refractivity (Wildman–Crippen MR) is 59.2 cm³/mol. The van der Waals surface area contributed by atoms with E-state index in [-0.39, 0.29) is 10.6 Å². The summed E-state index contributed by atoms with van der Waals surface area (Å²) in [5, 5.41) is 0. The molecule has 6 heteroatoms. The van der Waals surface area contributed by atoms with Crippen molar-refractivity contribution in [3.05, 3.63) is 24.3 Å². The second-order valence-corrected chi connectivity index (χ2v) is 5.61. The van der Waals surface area contributed by atoms with Gasteiger partial charge >= 0.3 is 0 Å². The van der Waals surface area contributed by atoms with Crippen LogP contribution >= 0.6 is 0 Å². The fraction of sp³-hybridized carbons (Fsp3) is 0.400. The number of halogens is 1. The Labute approximate surface area is 94.1 Å². The molecule has 0 atom stereocenters. The first kappa shape index (κ1) is 11.3. The smallest absolute Gasteiger partial charge is 0.223 e. The average molecular weight is 244 g/mol. The minimum Gasteiger partial charge on any atom is -0.223 e. The molecule has 1 saturated heterocycles. The van der Waals surface area contributed by atoms with E-state index in [0.29, 0.717) is 13.1 Å². The molecule has 0 aliphatic carbocycles. The number of hydrogen-bond acceptors (Lipinski definition) is 3. The number of anilines is 1. The SMILES string of the molecule is O=S(=O)(c1ccccc1NF)N1CCCC1. The number of nitrogens with one attached hydrogen (secondary N) is 1. The van der Waals surface area contributed by atoms with Crippen LogP contribution in [0, 0.1) is 0 Å². The Kier molecular flexibility index (Phi) is 3.11. The van der Waals surface area contributed by atoms with Gasteiger partial charge in [0.25, 0.3) is 0 Å². The molecule has 0 aromatic heterocycles. The lowest BCUT2D eigenvalue weighted by atomic mass is 10.3. The Balaban J connectivity index is 2.42. The zero-order valence-electron chi connectivity index (χ0n) is 8.69. The van der Waals surface area contributed by atoms with Crippen LogP contribution in [0.2, 0.25) is 0 Å². The summed E-state index contributed by atoms with van der Waals surface area (Å²) < 4.78 is 38.1. The summed E-state index contributed by atoms with van der Waals surface area (Å²) in [7, 11) is -3.55. The van der Waals surface area contributed by atoms with E-state index >= 15 is 0 Å². The molecular formula is C10H13FN2O2S. The zero-order valence-corrected chi connectivity index (χ0v) is 9.50. The van der Waals surface area contributed by atoms with Gasteiger partial charge in [-0.05, 0) is 25.0 Å². The first-order valence-electron chi connectivity index (χ1n) is 5.12. The molecule has 0 spiro atoms. The lowest BCUT2D eigenvalue weighted by Crippen LogP contribution is -2.28. The Morgan fingerprint density at radius 2 is 1.81 bits per heavy atom. The normalized spacial score (nSPS) is 17.6. The number of hydrogen-bond donors (Lipinski definition) is 1. The summed E-state index contributed by atoms with van der Waals surface area (Å²) in [6, 6.07) is 5.99. The minimum atomic E-state index is -3.55. The first-order valence-corrected chi connectivity index (χ1v) is 6.56. The maximum atomic E-state index is 12.5. The van der Waals surface area contributed by atoms with E-state index in [9.17, 15) is 12.9 Å². The van der Waals surface area contributed by atoms with Gasteiger partial charge in [0.15, 0.2) is 0 Å². The molecule has 0 radical (unpaired) electrons. The van der Waals surface area contributed by atoms with Crippen molar-refractivity contribution in [2.24, 2.45) is 0 Å². The molecule has 0 bridgehead atoms. The second-order valence-electron chi connectivity index (χ2n) is 3.70. The second kappa shape index (κ2) is 4.39. The van der Waals surface area contributed by atoms with E-state index in [2.05, 4.69) is 0 Å². The minimum absolute atomic E-state index is 0.000556. The zero-order chi connectivity index (χ0) is 11.6. The topological polar surface area (TPSA) is 49.4 Å². The number of nitrogens with zero attached hydrogens (tertiary/aromatic N) is 1. The summed E-state index contributed by atoms with van der Waals surface area (Å²) in [5.41, 5.74) is 1.41. The van der Waals surface area contributed by atoms with Gasteiger partial charge in [-0.1, -0.05) is 12.1 Å². The Morgan fingerprint density at radius 1 is 1.19 bits per heavy atom. The maximum Gasteiger partial charge on any atom is 0.245 e. The summed E-state index contributed by atoms with van der Waals surface area (Å²) in [4.78, 5) is -0.000556. The van der Waals surface area contributed by atoms with Crippen molar-refractivity contribution < 1.29 is 12.9 Å². The number of para-hydroxylation sites is 1. The summed E-state index contributed by atoms with van der Waals surface area (Å²) >= 11 is 0. The third-order valence-corrected chi connectivity index (χ3v) is 4.63. The van der Waals surface area contributed by atoms with Crippen LogP contribution in [0.3, 0.4) is 0 Å². The fourth-order valence-corrected chi connectivity index (χ4v) is 3.49. The number of sulfonamides is 1. The third-order valence-electron chi connectivity index (χ3n) is 2.67. The van der Waals surface area contributed by atoms with Gasteiger partial charge in [0.05, 0.1) is 5.69 Å². The van der Waals surface area contributed by atoms with Crippen LogP contribution in [0.25, 0.3) is 0 Å². The molecule has 0 unspecified atom stereocenters. The molecule has 1 aromatic rings. The molecule has 16 heavy (non-hydrogen) atoms. The standard InChI is InChI=1S/C10H13FN2O2S/c11-12-9-5-1-2-6-10(9)16(14,15)13-7-3-4-8-13/h1-2,5-6,12H,3-4,7-8H2. The van der Waals surface area contributed by atoms with Gasteiger partial charge < -0.3 is 0 Å². The van der Waals surface area contributed by atoms with Crippen LogP contribution in [0.1, 0.15) is 12.8 Å². The van der Waals surface area contributed by atoms with E-state index in [0.717, 1.165) is 12.8 Å². The molecule has 1 aromatic carbocycles. The molecular weight excluding hydrogens is 231 g/mol. The maximum absolute atomic E-state index is 12.5. The summed E-state index contributed by atoms with van der Waals surface area (Å²) in [5.74, 6) is 0. The summed E-state index contributed by atoms with van der Waals surface area (Å²) in [6.45, 7) is 1.03. The van der Waals surface area contributed by atoms with E-state index in [4.69, 9.17) is 0 Å². The van der Waals surface area contributed by atoms with Crippen molar-refractivity contribution in [3.63, 3.8) is 0 Å². The quantitative estimate of drug-likeness (QED) is 0.824. The highest BCUT2D eigenvalue weighted by Gasteiger charge is 2.29. The lowest BCUT2D eigenvalue weighted by molar-refractivity contribution is 0.477. The molecule has 1 heterocycles.